The van der Waals surface area contributed by atoms with E-state index in [2.05, 4.69) is 91.0 Å². The predicted octanol–water partition coefficient (Wildman–Crippen LogP) is 6.77. The maximum absolute atomic E-state index is 6.14. The van der Waals surface area contributed by atoms with Gasteiger partial charge in [-0.05, 0) is 47.2 Å². The summed E-state index contributed by atoms with van der Waals surface area (Å²) >= 11 is 0. The molecule has 1 nitrogen and oxygen atoms in total. The Hall–Kier alpha value is -3.32. The lowest BCUT2D eigenvalue weighted by molar-refractivity contribution is 0.668. The minimum atomic E-state index is 0.907. The Morgan fingerprint density at radius 2 is 1.15 bits per heavy atom. The maximum atomic E-state index is 6.14. The summed E-state index contributed by atoms with van der Waals surface area (Å²) in [6.45, 7) is 0. The predicted molar refractivity (Wildman–Crippen MR) is 112 cm³/mol. The van der Waals surface area contributed by atoms with Gasteiger partial charge in [0.05, 0.1) is 0 Å². The van der Waals surface area contributed by atoms with Crippen LogP contribution in [0.2, 0.25) is 0 Å². The lowest BCUT2D eigenvalue weighted by atomic mass is 9.91. The van der Waals surface area contributed by atoms with E-state index >= 15 is 0 Å². The number of furan rings is 1. The van der Waals surface area contributed by atoms with Crippen molar-refractivity contribution in [2.75, 3.05) is 0 Å². The van der Waals surface area contributed by atoms with Gasteiger partial charge in [-0.2, -0.15) is 0 Å². The van der Waals surface area contributed by atoms with Crippen LogP contribution in [0, 0.1) is 0 Å². The van der Waals surface area contributed by atoms with Crippen molar-refractivity contribution in [2.24, 2.45) is 0 Å². The molecule has 0 saturated heterocycles. The summed E-state index contributed by atoms with van der Waals surface area (Å²) < 4.78 is 6.14. The van der Waals surface area contributed by atoms with Crippen LogP contribution in [0.5, 0.6) is 0 Å². The summed E-state index contributed by atoms with van der Waals surface area (Å²) in [5, 5.41) is 2.45. The number of benzene rings is 4. The molecule has 0 spiro atoms. The van der Waals surface area contributed by atoms with Crippen LogP contribution in [0.15, 0.2) is 101 Å². The molecule has 0 amide bonds. The van der Waals surface area contributed by atoms with Crippen LogP contribution >= 0.6 is 0 Å². The van der Waals surface area contributed by atoms with Crippen LogP contribution < -0.4 is 0 Å². The first-order valence-corrected chi connectivity index (χ1v) is 9.38. The average Bonchev–Trinajstić information content (AvgIpc) is 3.10. The number of rotatable bonds is 4. The van der Waals surface area contributed by atoms with Gasteiger partial charge >= 0.3 is 0 Å². The zero-order valence-electron chi connectivity index (χ0n) is 15.1. The van der Waals surface area contributed by atoms with E-state index in [1.54, 1.807) is 0 Å². The van der Waals surface area contributed by atoms with E-state index in [0.29, 0.717) is 0 Å². The largest absolute Gasteiger partial charge is 0.456 e. The second-order valence-electron chi connectivity index (χ2n) is 7.00. The summed E-state index contributed by atoms with van der Waals surface area (Å²) in [4.78, 5) is 0. The number of hydrogen-bond acceptors (Lipinski definition) is 1. The molecule has 0 saturated carbocycles. The van der Waals surface area contributed by atoms with Crippen molar-refractivity contribution in [3.63, 3.8) is 0 Å². The summed E-state index contributed by atoms with van der Waals surface area (Å²) in [5.41, 5.74) is 7.32. The van der Waals surface area contributed by atoms with Crippen molar-refractivity contribution in [3.8, 4) is 0 Å². The van der Waals surface area contributed by atoms with Crippen molar-refractivity contribution in [2.45, 2.75) is 12.8 Å². The molecule has 0 atom stereocenters. The van der Waals surface area contributed by atoms with E-state index in [9.17, 15) is 0 Å². The fraction of sp³-hybridized carbons (Fsp3) is 0.0769. The topological polar surface area (TPSA) is 13.1 Å². The molecule has 1 heterocycles. The van der Waals surface area contributed by atoms with E-state index in [0.717, 1.165) is 24.0 Å². The van der Waals surface area contributed by atoms with E-state index in [-0.39, 0.29) is 0 Å². The van der Waals surface area contributed by atoms with Gasteiger partial charge in [0, 0.05) is 10.8 Å². The lowest BCUT2D eigenvalue weighted by Gasteiger charge is -2.12. The van der Waals surface area contributed by atoms with Crippen molar-refractivity contribution in [1.82, 2.24) is 0 Å². The fourth-order valence-corrected chi connectivity index (χ4v) is 3.91. The number of hydrogen-bond donors (Lipinski definition) is 0. The highest BCUT2D eigenvalue weighted by Gasteiger charge is 2.15. The van der Waals surface area contributed by atoms with Gasteiger partial charge in [0.2, 0.25) is 0 Å². The van der Waals surface area contributed by atoms with E-state index in [4.69, 9.17) is 4.42 Å². The third kappa shape index (κ3) is 3.02. The van der Waals surface area contributed by atoms with Gasteiger partial charge in [-0.3, -0.25) is 0 Å². The third-order valence-corrected chi connectivity index (χ3v) is 5.21. The standard InChI is InChI=1S/C26H20O/c1-3-9-19(10-4-1)17-21-15-16-25-26(22-13-7-8-14-24(22)27-25)23(21)18-20-11-5-2-6-12-20/h1-16H,17-18H2. The van der Waals surface area contributed by atoms with Crippen molar-refractivity contribution in [3.05, 3.63) is 119 Å². The van der Waals surface area contributed by atoms with Crippen LogP contribution in [0.25, 0.3) is 21.9 Å². The third-order valence-electron chi connectivity index (χ3n) is 5.21. The fourth-order valence-electron chi connectivity index (χ4n) is 3.91. The van der Waals surface area contributed by atoms with Gasteiger partial charge in [0.25, 0.3) is 0 Å². The van der Waals surface area contributed by atoms with Gasteiger partial charge < -0.3 is 4.42 Å². The van der Waals surface area contributed by atoms with Crippen LogP contribution in [-0.4, -0.2) is 0 Å². The number of para-hydroxylation sites is 1. The van der Waals surface area contributed by atoms with Gasteiger partial charge in [-0.25, -0.2) is 0 Å². The Morgan fingerprint density at radius 3 is 1.89 bits per heavy atom. The molecule has 0 aliphatic carbocycles. The Balaban J connectivity index is 1.73. The Morgan fingerprint density at radius 1 is 0.519 bits per heavy atom. The van der Waals surface area contributed by atoms with E-state index in [1.165, 1.54) is 33.0 Å². The second kappa shape index (κ2) is 6.77. The molecule has 0 bridgehead atoms. The van der Waals surface area contributed by atoms with Crippen LogP contribution in [0.4, 0.5) is 0 Å². The molecule has 0 aliphatic rings. The molecule has 0 fully saturated rings. The van der Waals surface area contributed by atoms with Crippen LogP contribution in [0.3, 0.4) is 0 Å². The van der Waals surface area contributed by atoms with Crippen LogP contribution in [0.1, 0.15) is 22.3 Å². The molecular weight excluding hydrogens is 328 g/mol. The summed E-state index contributed by atoms with van der Waals surface area (Å²) in [5.74, 6) is 0. The molecule has 0 unspecified atom stereocenters. The minimum absolute atomic E-state index is 0.907. The molecular formula is C26H20O. The monoisotopic (exact) mass is 348 g/mol. The van der Waals surface area contributed by atoms with Gasteiger partial charge in [-0.1, -0.05) is 84.9 Å². The Kier molecular flexibility index (Phi) is 3.99. The maximum Gasteiger partial charge on any atom is 0.135 e. The number of fused-ring (bicyclic) bond motifs is 3. The van der Waals surface area contributed by atoms with Crippen molar-refractivity contribution < 1.29 is 4.42 Å². The molecule has 0 radical (unpaired) electrons. The first kappa shape index (κ1) is 15.9. The molecule has 1 heteroatoms. The lowest BCUT2D eigenvalue weighted by Crippen LogP contribution is -1.98. The first-order valence-electron chi connectivity index (χ1n) is 9.38. The molecule has 5 aromatic rings. The molecule has 27 heavy (non-hydrogen) atoms. The average molecular weight is 348 g/mol. The highest BCUT2D eigenvalue weighted by atomic mass is 16.3. The molecule has 130 valence electrons. The second-order valence-corrected chi connectivity index (χ2v) is 7.00. The molecule has 1 aromatic heterocycles. The summed E-state index contributed by atoms with van der Waals surface area (Å²) in [7, 11) is 0. The van der Waals surface area contributed by atoms with Crippen molar-refractivity contribution in [1.29, 1.82) is 0 Å². The normalized spacial score (nSPS) is 11.3. The molecule has 5 rings (SSSR count). The highest BCUT2D eigenvalue weighted by molar-refractivity contribution is 6.07. The van der Waals surface area contributed by atoms with Crippen LogP contribution in [-0.2, 0) is 12.8 Å². The SMILES string of the molecule is c1ccc(Cc2ccc3oc4ccccc4c3c2Cc2ccccc2)cc1. The molecule has 0 N–H and O–H groups in total. The highest BCUT2D eigenvalue weighted by Crippen LogP contribution is 2.35. The first-order chi connectivity index (χ1) is 13.4. The minimum Gasteiger partial charge on any atom is -0.456 e. The van der Waals surface area contributed by atoms with Gasteiger partial charge in [0.15, 0.2) is 0 Å². The summed E-state index contributed by atoms with van der Waals surface area (Å²) in [6, 6.07) is 34.1. The molecule has 0 aliphatic heterocycles. The van der Waals surface area contributed by atoms with E-state index < -0.39 is 0 Å². The van der Waals surface area contributed by atoms with Gasteiger partial charge in [0.1, 0.15) is 11.2 Å². The summed E-state index contributed by atoms with van der Waals surface area (Å²) in [6.07, 6.45) is 1.84. The van der Waals surface area contributed by atoms with E-state index in [1.807, 2.05) is 6.07 Å². The zero-order valence-corrected chi connectivity index (χ0v) is 15.1. The quantitative estimate of drug-likeness (QED) is 0.349. The smallest absolute Gasteiger partial charge is 0.135 e. The zero-order chi connectivity index (χ0) is 18.1. The Bertz CT molecular complexity index is 1200. The molecule has 4 aromatic carbocycles. The Labute approximate surface area is 158 Å². The van der Waals surface area contributed by atoms with Crippen molar-refractivity contribution >= 4 is 21.9 Å². The van der Waals surface area contributed by atoms with Gasteiger partial charge in [-0.15, -0.1) is 0 Å².